The number of nitrogens with zero attached hydrogens (tertiary/aromatic N) is 1. The minimum atomic E-state index is -0.315. The lowest BCUT2D eigenvalue weighted by Crippen LogP contribution is -2.24. The van der Waals surface area contributed by atoms with Crippen LogP contribution in [0.1, 0.15) is 12.5 Å². The van der Waals surface area contributed by atoms with Gasteiger partial charge in [-0.1, -0.05) is 0 Å². The van der Waals surface area contributed by atoms with Crippen molar-refractivity contribution in [3.8, 4) is 0 Å². The van der Waals surface area contributed by atoms with E-state index in [0.29, 0.717) is 13.2 Å². The van der Waals surface area contributed by atoms with Gasteiger partial charge in [0, 0.05) is 18.7 Å². The monoisotopic (exact) mass is 241 g/mol. The van der Waals surface area contributed by atoms with Gasteiger partial charge in [0.05, 0.1) is 25.7 Å². The lowest BCUT2D eigenvalue weighted by Gasteiger charge is -2.15. The Morgan fingerprint density at radius 1 is 1.53 bits per heavy atom. The van der Waals surface area contributed by atoms with Crippen LogP contribution in [0.15, 0.2) is 23.0 Å². The predicted octanol–water partition coefficient (Wildman–Crippen LogP) is 1.29. The first kappa shape index (κ1) is 13.7. The molecule has 1 heterocycles. The molecule has 96 valence electrons. The number of carbonyl (C=O) groups excluding carboxylic acids is 1. The summed E-state index contributed by atoms with van der Waals surface area (Å²) in [5.74, 6) is -0.315. The molecule has 0 saturated carbocycles. The summed E-state index contributed by atoms with van der Waals surface area (Å²) < 4.78 is 14.9. The SMILES string of the molecule is CCOC(=O)COCCN(C)Cc1ccoc1. The van der Waals surface area contributed by atoms with Crippen LogP contribution in [0, 0.1) is 0 Å². The fourth-order valence-electron chi connectivity index (χ4n) is 1.35. The summed E-state index contributed by atoms with van der Waals surface area (Å²) in [5.41, 5.74) is 1.12. The van der Waals surface area contributed by atoms with Crippen LogP contribution < -0.4 is 0 Å². The zero-order valence-corrected chi connectivity index (χ0v) is 10.3. The van der Waals surface area contributed by atoms with Crippen molar-refractivity contribution in [1.29, 1.82) is 0 Å². The summed E-state index contributed by atoms with van der Waals surface area (Å²) in [6, 6.07) is 1.93. The summed E-state index contributed by atoms with van der Waals surface area (Å²) in [4.78, 5) is 13.1. The standard InChI is InChI=1S/C12H19NO4/c1-3-17-12(14)10-16-7-5-13(2)8-11-4-6-15-9-11/h4,6,9H,3,5,7-8,10H2,1-2H3. The van der Waals surface area contributed by atoms with Gasteiger partial charge in [-0.25, -0.2) is 4.79 Å². The Morgan fingerprint density at radius 3 is 3.00 bits per heavy atom. The van der Waals surface area contributed by atoms with Gasteiger partial charge in [0.15, 0.2) is 0 Å². The molecule has 0 aliphatic carbocycles. The summed E-state index contributed by atoms with van der Waals surface area (Å²) in [6.45, 7) is 4.25. The van der Waals surface area contributed by atoms with Crippen LogP contribution >= 0.6 is 0 Å². The van der Waals surface area contributed by atoms with E-state index in [4.69, 9.17) is 13.9 Å². The molecule has 0 spiro atoms. The summed E-state index contributed by atoms with van der Waals surface area (Å²) in [6.07, 6.45) is 3.37. The number of furan rings is 1. The van der Waals surface area contributed by atoms with Crippen molar-refractivity contribution in [3.05, 3.63) is 24.2 Å². The Morgan fingerprint density at radius 2 is 2.35 bits per heavy atom. The third-order valence-corrected chi connectivity index (χ3v) is 2.18. The lowest BCUT2D eigenvalue weighted by atomic mass is 10.3. The van der Waals surface area contributed by atoms with Crippen LogP contribution in [0.25, 0.3) is 0 Å². The maximum absolute atomic E-state index is 11.0. The van der Waals surface area contributed by atoms with E-state index in [1.54, 1.807) is 19.5 Å². The van der Waals surface area contributed by atoms with Crippen LogP contribution in [0.3, 0.4) is 0 Å². The third kappa shape index (κ3) is 6.09. The van der Waals surface area contributed by atoms with Gasteiger partial charge < -0.3 is 13.9 Å². The topological polar surface area (TPSA) is 51.9 Å². The third-order valence-electron chi connectivity index (χ3n) is 2.18. The van der Waals surface area contributed by atoms with Crippen molar-refractivity contribution in [3.63, 3.8) is 0 Å². The molecule has 0 unspecified atom stereocenters. The molecule has 1 aromatic rings. The van der Waals surface area contributed by atoms with Gasteiger partial charge in [-0.3, -0.25) is 4.90 Å². The molecular weight excluding hydrogens is 222 g/mol. The number of hydrogen-bond donors (Lipinski definition) is 0. The van der Waals surface area contributed by atoms with E-state index in [9.17, 15) is 4.79 Å². The number of rotatable bonds is 8. The normalized spacial score (nSPS) is 10.8. The van der Waals surface area contributed by atoms with Crippen LogP contribution in [0.2, 0.25) is 0 Å². The molecule has 5 nitrogen and oxygen atoms in total. The Kier molecular flexibility index (Phi) is 6.35. The van der Waals surface area contributed by atoms with Gasteiger partial charge in [-0.15, -0.1) is 0 Å². The van der Waals surface area contributed by atoms with E-state index in [2.05, 4.69) is 4.90 Å². The van der Waals surface area contributed by atoms with Crippen LogP contribution in [-0.2, 0) is 20.8 Å². The van der Waals surface area contributed by atoms with Gasteiger partial charge >= 0.3 is 5.97 Å². The molecule has 0 N–H and O–H groups in total. The van der Waals surface area contributed by atoms with E-state index in [1.165, 1.54) is 0 Å². The highest BCUT2D eigenvalue weighted by Crippen LogP contribution is 2.02. The van der Waals surface area contributed by atoms with Crippen molar-refractivity contribution < 1.29 is 18.7 Å². The molecule has 1 aromatic heterocycles. The quantitative estimate of drug-likeness (QED) is 0.507. The van der Waals surface area contributed by atoms with Crippen molar-refractivity contribution in [2.45, 2.75) is 13.5 Å². The maximum Gasteiger partial charge on any atom is 0.332 e. The minimum absolute atomic E-state index is 0.0212. The number of esters is 1. The molecule has 0 aliphatic heterocycles. The van der Waals surface area contributed by atoms with E-state index < -0.39 is 0 Å². The predicted molar refractivity (Wildman–Crippen MR) is 62.5 cm³/mol. The second kappa shape index (κ2) is 7.86. The zero-order valence-electron chi connectivity index (χ0n) is 10.3. The van der Waals surface area contributed by atoms with Crippen molar-refractivity contribution >= 4 is 5.97 Å². The maximum atomic E-state index is 11.0. The molecule has 0 atom stereocenters. The van der Waals surface area contributed by atoms with Crippen molar-refractivity contribution in [2.75, 3.05) is 33.4 Å². The molecule has 0 saturated heterocycles. The van der Waals surface area contributed by atoms with Crippen LogP contribution in [0.5, 0.6) is 0 Å². The number of hydrogen-bond acceptors (Lipinski definition) is 5. The van der Waals surface area contributed by atoms with E-state index in [-0.39, 0.29) is 12.6 Å². The Bertz CT molecular complexity index is 310. The highest BCUT2D eigenvalue weighted by atomic mass is 16.6. The molecule has 0 aliphatic rings. The Balaban J connectivity index is 2.04. The first-order chi connectivity index (χ1) is 8.22. The number of likely N-dealkylation sites (N-methyl/N-ethyl adjacent to an activating group) is 1. The number of ether oxygens (including phenoxy) is 2. The van der Waals surface area contributed by atoms with Gasteiger partial charge in [0.1, 0.15) is 6.61 Å². The van der Waals surface area contributed by atoms with Gasteiger partial charge in [-0.05, 0) is 20.0 Å². The fraction of sp³-hybridized carbons (Fsp3) is 0.583. The van der Waals surface area contributed by atoms with E-state index in [1.807, 2.05) is 13.1 Å². The van der Waals surface area contributed by atoms with Crippen molar-refractivity contribution in [1.82, 2.24) is 4.90 Å². The minimum Gasteiger partial charge on any atom is -0.472 e. The first-order valence-corrected chi connectivity index (χ1v) is 5.65. The molecule has 1 rings (SSSR count). The van der Waals surface area contributed by atoms with Gasteiger partial charge in [-0.2, -0.15) is 0 Å². The van der Waals surface area contributed by atoms with Crippen LogP contribution in [0.4, 0.5) is 0 Å². The van der Waals surface area contributed by atoms with E-state index >= 15 is 0 Å². The Labute approximate surface area is 101 Å². The molecule has 0 fully saturated rings. The summed E-state index contributed by atoms with van der Waals surface area (Å²) in [7, 11) is 1.99. The second-order valence-corrected chi connectivity index (χ2v) is 3.73. The molecule has 5 heteroatoms. The van der Waals surface area contributed by atoms with Gasteiger partial charge in [0.25, 0.3) is 0 Å². The molecule has 0 radical (unpaired) electrons. The summed E-state index contributed by atoms with van der Waals surface area (Å²) in [5, 5.41) is 0. The summed E-state index contributed by atoms with van der Waals surface area (Å²) >= 11 is 0. The molecular formula is C12H19NO4. The highest BCUT2D eigenvalue weighted by Gasteiger charge is 2.03. The first-order valence-electron chi connectivity index (χ1n) is 5.65. The largest absolute Gasteiger partial charge is 0.472 e. The molecule has 17 heavy (non-hydrogen) atoms. The number of carbonyl (C=O) groups is 1. The average Bonchev–Trinajstić information content (AvgIpc) is 2.77. The molecule has 0 amide bonds. The fourth-order valence-corrected chi connectivity index (χ4v) is 1.35. The average molecular weight is 241 g/mol. The Hall–Kier alpha value is -1.33. The molecule has 0 bridgehead atoms. The smallest absolute Gasteiger partial charge is 0.332 e. The second-order valence-electron chi connectivity index (χ2n) is 3.73. The zero-order chi connectivity index (χ0) is 12.5. The lowest BCUT2D eigenvalue weighted by molar-refractivity contribution is -0.148. The van der Waals surface area contributed by atoms with E-state index in [0.717, 1.165) is 18.7 Å². The van der Waals surface area contributed by atoms with Crippen molar-refractivity contribution in [2.24, 2.45) is 0 Å². The highest BCUT2D eigenvalue weighted by molar-refractivity contribution is 5.70. The van der Waals surface area contributed by atoms with Gasteiger partial charge in [0.2, 0.25) is 0 Å². The molecule has 0 aromatic carbocycles. The van der Waals surface area contributed by atoms with Crippen LogP contribution in [-0.4, -0.2) is 44.3 Å².